The van der Waals surface area contributed by atoms with E-state index in [1.165, 1.54) is 28.7 Å². The Balaban J connectivity index is 1.46. The molecule has 34 heavy (non-hydrogen) atoms. The first-order valence-electron chi connectivity index (χ1n) is 12.5. The summed E-state index contributed by atoms with van der Waals surface area (Å²) >= 11 is 0. The number of rotatable bonds is 6. The average molecular weight is 456 g/mol. The Bertz CT molecular complexity index is 1290. The topological polar surface area (TPSA) is 42.4 Å². The molecule has 4 fully saturated rings. The highest BCUT2D eigenvalue weighted by Gasteiger charge is 2.82. The van der Waals surface area contributed by atoms with E-state index in [0.29, 0.717) is 11.8 Å². The fraction of sp³-hybridized carbons (Fsp3) is 0.433. The number of quaternary nitrogens is 1. The highest BCUT2D eigenvalue weighted by molar-refractivity contribution is 5.84. The molecular formula is C30H35N2O2+. The van der Waals surface area contributed by atoms with E-state index >= 15 is 0 Å². The van der Waals surface area contributed by atoms with Crippen molar-refractivity contribution in [1.82, 2.24) is 4.98 Å². The molecule has 4 aliphatic rings. The molecule has 4 nitrogen and oxygen atoms in total. The van der Waals surface area contributed by atoms with Crippen molar-refractivity contribution >= 4 is 10.9 Å². The number of aliphatic hydroxyl groups excluding tert-OH is 1. The van der Waals surface area contributed by atoms with Crippen molar-refractivity contribution < 1.29 is 14.3 Å². The average Bonchev–Trinajstić information content (AvgIpc) is 3.40. The third-order valence-electron chi connectivity index (χ3n) is 9.65. The van der Waals surface area contributed by atoms with Crippen molar-refractivity contribution in [2.45, 2.75) is 45.9 Å². The largest absolute Gasteiger partial charge is 0.497 e. The van der Waals surface area contributed by atoms with Crippen LogP contribution in [0.25, 0.3) is 10.9 Å². The molecule has 4 heteroatoms. The molecule has 176 valence electrons. The Morgan fingerprint density at radius 2 is 1.94 bits per heavy atom. The minimum Gasteiger partial charge on any atom is -0.497 e. The zero-order chi connectivity index (χ0) is 23.8. The lowest BCUT2D eigenvalue weighted by Gasteiger charge is -2.50. The molecule has 6 atom stereocenters. The van der Waals surface area contributed by atoms with Gasteiger partial charge < -0.3 is 14.3 Å². The van der Waals surface area contributed by atoms with Gasteiger partial charge in [0.1, 0.15) is 24.4 Å². The van der Waals surface area contributed by atoms with Gasteiger partial charge in [0.2, 0.25) is 0 Å². The number of hydrogen-bond acceptors (Lipinski definition) is 3. The molecule has 0 amide bonds. The molecule has 1 aromatic heterocycles. The summed E-state index contributed by atoms with van der Waals surface area (Å²) in [4.78, 5) is 4.56. The van der Waals surface area contributed by atoms with Crippen LogP contribution >= 0.6 is 0 Å². The maximum atomic E-state index is 12.2. The highest BCUT2D eigenvalue weighted by Crippen LogP contribution is 2.75. The summed E-state index contributed by atoms with van der Waals surface area (Å²) in [5.74, 6) is 2.09. The van der Waals surface area contributed by atoms with Crippen LogP contribution in [0.4, 0.5) is 0 Å². The van der Waals surface area contributed by atoms with Gasteiger partial charge in [-0.15, -0.1) is 6.58 Å². The third-order valence-corrected chi connectivity index (χ3v) is 9.65. The van der Waals surface area contributed by atoms with E-state index in [9.17, 15) is 5.11 Å². The monoisotopic (exact) mass is 455 g/mol. The summed E-state index contributed by atoms with van der Waals surface area (Å²) in [6.07, 6.45) is 4.68. The summed E-state index contributed by atoms with van der Waals surface area (Å²) in [5, 5.41) is 13.1. The fourth-order valence-corrected chi connectivity index (χ4v) is 7.89. The molecular weight excluding hydrogens is 420 g/mol. The van der Waals surface area contributed by atoms with Crippen LogP contribution in [-0.4, -0.2) is 40.8 Å². The Hall–Kier alpha value is -2.69. The number of ether oxygens (including phenoxy) is 1. The summed E-state index contributed by atoms with van der Waals surface area (Å²) in [7, 11) is 1.68. The van der Waals surface area contributed by atoms with Crippen molar-refractivity contribution in [3.63, 3.8) is 0 Å². The first kappa shape index (κ1) is 21.8. The number of hydrogen-bond donors (Lipinski definition) is 1. The molecule has 3 aliphatic heterocycles. The van der Waals surface area contributed by atoms with Gasteiger partial charge in [-0.3, -0.25) is 4.98 Å². The van der Waals surface area contributed by atoms with Gasteiger partial charge in [-0.2, -0.15) is 0 Å². The number of fused-ring (bicyclic) bond motifs is 2. The van der Waals surface area contributed by atoms with Crippen LogP contribution in [0.1, 0.15) is 40.3 Å². The maximum absolute atomic E-state index is 12.2. The van der Waals surface area contributed by atoms with E-state index in [0.717, 1.165) is 46.3 Å². The Morgan fingerprint density at radius 1 is 1.18 bits per heavy atom. The number of aliphatic hydroxyl groups is 1. The van der Waals surface area contributed by atoms with Gasteiger partial charge in [0, 0.05) is 29.5 Å². The molecule has 4 bridgehead atoms. The molecule has 3 saturated heterocycles. The van der Waals surface area contributed by atoms with Crippen molar-refractivity contribution in [1.29, 1.82) is 0 Å². The second-order valence-corrected chi connectivity index (χ2v) is 11.0. The van der Waals surface area contributed by atoms with E-state index in [2.05, 4.69) is 50.5 Å². The molecule has 0 spiro atoms. The first-order chi connectivity index (χ1) is 16.3. The lowest BCUT2D eigenvalue weighted by Crippen LogP contribution is -2.61. The Kier molecular flexibility index (Phi) is 4.75. The van der Waals surface area contributed by atoms with Crippen LogP contribution in [0.3, 0.4) is 0 Å². The summed E-state index contributed by atoms with van der Waals surface area (Å²) in [6.45, 7) is 14.2. The van der Waals surface area contributed by atoms with Gasteiger partial charge in [0.15, 0.2) is 0 Å². The number of nitrogens with zero attached hydrogens (tertiary/aromatic N) is 2. The number of aryl methyl sites for hydroxylation is 2. The maximum Gasteiger partial charge on any atom is 0.132 e. The van der Waals surface area contributed by atoms with E-state index in [4.69, 9.17) is 4.74 Å². The van der Waals surface area contributed by atoms with Crippen LogP contribution in [0.5, 0.6) is 5.75 Å². The highest BCUT2D eigenvalue weighted by atomic mass is 16.5. The lowest BCUT2D eigenvalue weighted by molar-refractivity contribution is -0.969. The molecule has 2 aromatic carbocycles. The summed E-state index contributed by atoms with van der Waals surface area (Å²) in [5.41, 5.74) is 7.36. The van der Waals surface area contributed by atoms with E-state index in [-0.39, 0.29) is 11.5 Å². The molecule has 1 aliphatic carbocycles. The third kappa shape index (κ3) is 2.82. The van der Waals surface area contributed by atoms with Gasteiger partial charge in [-0.1, -0.05) is 18.2 Å². The van der Waals surface area contributed by atoms with Crippen LogP contribution in [0.2, 0.25) is 0 Å². The minimum absolute atomic E-state index is 0.0287. The van der Waals surface area contributed by atoms with Crippen LogP contribution in [0, 0.1) is 38.0 Å². The number of piperidine rings is 3. The van der Waals surface area contributed by atoms with Crippen molar-refractivity contribution in [3.05, 3.63) is 83.1 Å². The van der Waals surface area contributed by atoms with Gasteiger partial charge in [-0.25, -0.2) is 0 Å². The first-order valence-corrected chi connectivity index (χ1v) is 12.5. The quantitative estimate of drug-likeness (QED) is 0.398. The van der Waals surface area contributed by atoms with Crippen LogP contribution in [-0.2, 0) is 6.54 Å². The van der Waals surface area contributed by atoms with Crippen LogP contribution in [0.15, 0.2) is 55.3 Å². The van der Waals surface area contributed by atoms with Gasteiger partial charge in [0.05, 0.1) is 31.1 Å². The van der Waals surface area contributed by atoms with Crippen LogP contribution < -0.4 is 4.74 Å². The fourth-order valence-electron chi connectivity index (χ4n) is 7.89. The van der Waals surface area contributed by atoms with Crippen molar-refractivity contribution in [2.24, 2.45) is 17.3 Å². The summed E-state index contributed by atoms with van der Waals surface area (Å²) in [6, 6.07) is 12.8. The second kappa shape index (κ2) is 7.40. The molecule has 4 heterocycles. The zero-order valence-electron chi connectivity index (χ0n) is 20.7. The van der Waals surface area contributed by atoms with Gasteiger partial charge in [0.25, 0.3) is 0 Å². The molecule has 3 aromatic rings. The molecule has 0 radical (unpaired) electrons. The summed E-state index contributed by atoms with van der Waals surface area (Å²) < 4.78 is 6.45. The number of benzene rings is 2. The lowest BCUT2D eigenvalue weighted by atomic mass is 9.80. The Morgan fingerprint density at radius 3 is 2.65 bits per heavy atom. The minimum atomic E-state index is -0.585. The van der Waals surface area contributed by atoms with Gasteiger partial charge in [-0.05, 0) is 73.2 Å². The molecule has 6 unspecified atom stereocenters. The molecule has 1 saturated carbocycles. The molecule has 1 N–H and O–H groups in total. The second-order valence-electron chi connectivity index (χ2n) is 11.0. The number of aromatic nitrogens is 1. The van der Waals surface area contributed by atoms with Crippen molar-refractivity contribution in [3.8, 4) is 5.75 Å². The number of pyridine rings is 1. The van der Waals surface area contributed by atoms with Gasteiger partial charge >= 0.3 is 0 Å². The van der Waals surface area contributed by atoms with E-state index < -0.39 is 6.10 Å². The SMILES string of the molecule is C=CC12C3CC[N+](Cc4cc(C)c(C)c(C)c4)(CC31)C2C(O)c1ccnc2ccc(OC)cc12. The number of methoxy groups -OCH3 is 1. The van der Waals surface area contributed by atoms with E-state index in [1.807, 2.05) is 30.5 Å². The molecule has 7 rings (SSSR count). The predicted molar refractivity (Wildman–Crippen MR) is 136 cm³/mol. The standard InChI is InChI=1S/C30H35N2O2/c1-6-30-25-10-12-32(17-26(25)30,16-21-13-18(2)20(4)19(3)14-21)29(30)28(33)23-9-11-31-27-8-7-22(34-5)15-24(23)27/h6-9,11,13-15,25-26,28-29,33H,1,10,12,16-17H2,2-5H3/q+1. The predicted octanol–water partition coefficient (Wildman–Crippen LogP) is 5.42. The van der Waals surface area contributed by atoms with E-state index in [1.54, 1.807) is 7.11 Å². The normalized spacial score (nSPS) is 32.0. The Labute approximate surface area is 202 Å². The van der Waals surface area contributed by atoms with Crippen molar-refractivity contribution in [2.75, 3.05) is 20.2 Å². The smallest absolute Gasteiger partial charge is 0.132 e. The zero-order valence-corrected chi connectivity index (χ0v) is 20.7.